The minimum atomic E-state index is -0.613. The Morgan fingerprint density at radius 1 is 0.950 bits per heavy atom. The maximum absolute atomic E-state index is 14.6. The Balaban J connectivity index is 1.10. The third-order valence-corrected chi connectivity index (χ3v) is 8.00. The van der Waals surface area contributed by atoms with Crippen molar-refractivity contribution in [2.75, 3.05) is 56.6 Å². The van der Waals surface area contributed by atoms with Crippen LogP contribution >= 0.6 is 11.3 Å². The van der Waals surface area contributed by atoms with E-state index in [0.717, 1.165) is 45.0 Å². The van der Waals surface area contributed by atoms with E-state index in [1.54, 1.807) is 24.4 Å². The molecule has 0 saturated carbocycles. The molecule has 0 spiro atoms. The van der Waals surface area contributed by atoms with Crippen molar-refractivity contribution in [3.63, 3.8) is 0 Å². The van der Waals surface area contributed by atoms with Crippen LogP contribution in [0.15, 0.2) is 48.8 Å². The molecular weight excluding hydrogens is 535 g/mol. The SMILES string of the molecule is CCN1CCN(Cc2cn3cc(C(=O)Nc4cc(NC(=O)c5ccc6c(c5)OCCO6)ccc4F)sc3n2)CC1. The van der Waals surface area contributed by atoms with E-state index in [9.17, 15) is 14.0 Å². The quantitative estimate of drug-likeness (QED) is 0.351. The first-order valence-electron chi connectivity index (χ1n) is 13.2. The van der Waals surface area contributed by atoms with Crippen molar-refractivity contribution in [3.8, 4) is 11.5 Å². The van der Waals surface area contributed by atoms with Crippen LogP contribution in [0.2, 0.25) is 0 Å². The molecule has 6 rings (SSSR count). The van der Waals surface area contributed by atoms with Crippen LogP contribution in [0.5, 0.6) is 11.5 Å². The predicted octanol–water partition coefficient (Wildman–Crippen LogP) is 3.95. The van der Waals surface area contributed by atoms with E-state index in [0.29, 0.717) is 45.8 Å². The first-order valence-corrected chi connectivity index (χ1v) is 14.0. The lowest BCUT2D eigenvalue weighted by Gasteiger charge is -2.33. The summed E-state index contributed by atoms with van der Waals surface area (Å²) < 4.78 is 27.4. The van der Waals surface area contributed by atoms with Crippen molar-refractivity contribution in [3.05, 3.63) is 70.7 Å². The number of thiazole rings is 1. The number of nitrogens with one attached hydrogen (secondary N) is 2. The van der Waals surface area contributed by atoms with Crippen LogP contribution in [-0.4, -0.2) is 76.9 Å². The summed E-state index contributed by atoms with van der Waals surface area (Å²) in [5.41, 5.74) is 1.62. The number of ether oxygens (including phenoxy) is 2. The van der Waals surface area contributed by atoms with E-state index in [4.69, 9.17) is 9.47 Å². The summed E-state index contributed by atoms with van der Waals surface area (Å²) in [6.45, 7) is 9.02. The van der Waals surface area contributed by atoms with Crippen molar-refractivity contribution in [1.29, 1.82) is 0 Å². The Morgan fingerprint density at radius 3 is 2.50 bits per heavy atom. The van der Waals surface area contributed by atoms with E-state index in [2.05, 4.69) is 32.3 Å². The molecule has 0 unspecified atom stereocenters. The fraction of sp³-hybridized carbons (Fsp3) is 0.321. The zero-order valence-corrected chi connectivity index (χ0v) is 22.8. The van der Waals surface area contributed by atoms with Crippen molar-refractivity contribution in [1.82, 2.24) is 19.2 Å². The molecule has 10 nitrogen and oxygen atoms in total. The number of carbonyl (C=O) groups excluding carboxylic acids is 2. The van der Waals surface area contributed by atoms with Gasteiger partial charge < -0.3 is 25.0 Å². The van der Waals surface area contributed by atoms with Crippen LogP contribution in [0, 0.1) is 5.82 Å². The van der Waals surface area contributed by atoms with Gasteiger partial charge in [-0.3, -0.25) is 18.9 Å². The number of carbonyl (C=O) groups is 2. The molecule has 40 heavy (non-hydrogen) atoms. The predicted molar refractivity (Wildman–Crippen MR) is 150 cm³/mol. The molecule has 2 N–H and O–H groups in total. The molecule has 1 fully saturated rings. The Labute approximate surface area is 234 Å². The van der Waals surface area contributed by atoms with Gasteiger partial charge in [-0.05, 0) is 42.9 Å². The molecule has 0 atom stereocenters. The summed E-state index contributed by atoms with van der Waals surface area (Å²) >= 11 is 1.24. The summed E-state index contributed by atoms with van der Waals surface area (Å²) in [4.78, 5) is 36.3. The Morgan fingerprint density at radius 2 is 1.73 bits per heavy atom. The maximum atomic E-state index is 14.6. The molecule has 4 aromatic rings. The molecule has 2 amide bonds. The fourth-order valence-corrected chi connectivity index (χ4v) is 5.67. The highest BCUT2D eigenvalue weighted by Crippen LogP contribution is 2.31. The van der Waals surface area contributed by atoms with Gasteiger partial charge in [0.05, 0.1) is 11.4 Å². The lowest BCUT2D eigenvalue weighted by atomic mass is 10.1. The summed E-state index contributed by atoms with van der Waals surface area (Å²) in [5, 5.41) is 5.35. The molecular formula is C28H29FN6O4S. The van der Waals surface area contributed by atoms with Crippen molar-refractivity contribution >= 4 is 39.5 Å². The van der Waals surface area contributed by atoms with Crippen molar-refractivity contribution in [2.45, 2.75) is 13.5 Å². The first-order chi connectivity index (χ1) is 19.4. The van der Waals surface area contributed by atoms with Crippen LogP contribution in [0.3, 0.4) is 0 Å². The first kappa shape index (κ1) is 26.2. The molecule has 2 aromatic heterocycles. The van der Waals surface area contributed by atoms with Gasteiger partial charge in [-0.2, -0.15) is 0 Å². The second-order valence-corrected chi connectivity index (χ2v) is 10.7. The van der Waals surface area contributed by atoms with E-state index in [-0.39, 0.29) is 5.69 Å². The zero-order chi connectivity index (χ0) is 27.6. The molecule has 2 aromatic carbocycles. The van der Waals surface area contributed by atoms with Crippen LogP contribution in [0.25, 0.3) is 4.96 Å². The normalized spacial score (nSPS) is 15.8. The molecule has 0 radical (unpaired) electrons. The van der Waals surface area contributed by atoms with Crippen molar-refractivity contribution in [2.24, 2.45) is 0 Å². The number of anilines is 2. The number of halogens is 1. The monoisotopic (exact) mass is 564 g/mol. The van der Waals surface area contributed by atoms with Gasteiger partial charge in [-0.25, -0.2) is 9.37 Å². The van der Waals surface area contributed by atoms with E-state index in [1.807, 2.05) is 10.6 Å². The molecule has 12 heteroatoms. The lowest BCUT2D eigenvalue weighted by Crippen LogP contribution is -2.45. The average Bonchev–Trinajstić information content (AvgIpc) is 3.54. The highest BCUT2D eigenvalue weighted by atomic mass is 32.1. The number of imidazole rings is 1. The maximum Gasteiger partial charge on any atom is 0.267 e. The van der Waals surface area contributed by atoms with Gasteiger partial charge in [-0.15, -0.1) is 0 Å². The fourth-order valence-electron chi connectivity index (χ4n) is 4.79. The summed E-state index contributed by atoms with van der Waals surface area (Å²) in [7, 11) is 0. The topological polar surface area (TPSA) is 100 Å². The number of amides is 2. The van der Waals surface area contributed by atoms with Gasteiger partial charge in [0.1, 0.15) is 23.9 Å². The Hall–Kier alpha value is -4.00. The molecule has 2 aliphatic heterocycles. The van der Waals surface area contributed by atoms with E-state index in [1.165, 1.54) is 29.5 Å². The number of rotatable bonds is 7. The van der Waals surface area contributed by atoms with Crippen LogP contribution in [0.4, 0.5) is 15.8 Å². The summed E-state index contributed by atoms with van der Waals surface area (Å²) in [6.07, 6.45) is 3.63. The van der Waals surface area contributed by atoms with Gasteiger partial charge in [0.2, 0.25) is 0 Å². The highest BCUT2D eigenvalue weighted by Gasteiger charge is 2.20. The molecule has 1 saturated heterocycles. The van der Waals surface area contributed by atoms with E-state index < -0.39 is 17.6 Å². The number of benzene rings is 2. The third-order valence-electron chi connectivity index (χ3n) is 7.00. The molecule has 208 valence electrons. The third kappa shape index (κ3) is 5.64. The second kappa shape index (κ2) is 11.2. The van der Waals surface area contributed by atoms with Gasteiger partial charge in [0, 0.05) is 56.4 Å². The standard InChI is InChI=1S/C28H29FN6O4S/c1-2-33-7-9-34(10-8-33)15-20-16-35-17-25(40-28(35)31-20)27(37)32-22-14-19(4-5-21(22)29)30-26(36)18-3-6-23-24(13-18)39-12-11-38-23/h3-6,13-14,16-17H,2,7-12,15H2,1H3,(H,30,36)(H,32,37). The Kier molecular flexibility index (Phi) is 7.37. The van der Waals surface area contributed by atoms with Crippen molar-refractivity contribution < 1.29 is 23.5 Å². The molecule has 2 aliphatic rings. The smallest absolute Gasteiger partial charge is 0.267 e. The molecule has 0 bridgehead atoms. The number of nitrogens with zero attached hydrogens (tertiary/aromatic N) is 4. The summed E-state index contributed by atoms with van der Waals surface area (Å²) in [6, 6.07) is 8.92. The van der Waals surface area contributed by atoms with Gasteiger partial charge >= 0.3 is 0 Å². The van der Waals surface area contributed by atoms with Gasteiger partial charge in [0.25, 0.3) is 11.8 Å². The number of piperazine rings is 1. The minimum Gasteiger partial charge on any atom is -0.486 e. The van der Waals surface area contributed by atoms with Gasteiger partial charge in [-0.1, -0.05) is 18.3 Å². The number of fused-ring (bicyclic) bond motifs is 2. The van der Waals surface area contributed by atoms with E-state index >= 15 is 0 Å². The number of aromatic nitrogens is 2. The second-order valence-electron chi connectivity index (χ2n) is 9.69. The zero-order valence-electron chi connectivity index (χ0n) is 22.0. The largest absolute Gasteiger partial charge is 0.486 e. The highest BCUT2D eigenvalue weighted by molar-refractivity contribution is 7.19. The lowest BCUT2D eigenvalue weighted by molar-refractivity contribution is 0.102. The number of hydrogen-bond acceptors (Lipinski definition) is 8. The van der Waals surface area contributed by atoms with Gasteiger partial charge in [0.15, 0.2) is 16.5 Å². The molecule has 0 aliphatic carbocycles. The minimum absolute atomic E-state index is 0.0390. The van der Waals surface area contributed by atoms with Crippen LogP contribution in [-0.2, 0) is 6.54 Å². The summed E-state index contributed by atoms with van der Waals surface area (Å²) in [5.74, 6) is -0.393. The average molecular weight is 565 g/mol. The number of hydrogen-bond donors (Lipinski definition) is 2. The van der Waals surface area contributed by atoms with Crippen LogP contribution < -0.4 is 20.1 Å². The van der Waals surface area contributed by atoms with Crippen LogP contribution in [0.1, 0.15) is 32.6 Å². The number of likely N-dealkylation sites (N-methyl/N-ethyl adjacent to an activating group) is 1. The Bertz CT molecular complexity index is 1530. The molecule has 4 heterocycles.